The highest BCUT2D eigenvalue weighted by Gasteiger charge is 2.29. The zero-order valence-corrected chi connectivity index (χ0v) is 13.0. The van der Waals surface area contributed by atoms with E-state index in [9.17, 15) is 13.2 Å². The van der Waals surface area contributed by atoms with Gasteiger partial charge in [-0.3, -0.25) is 4.79 Å². The van der Waals surface area contributed by atoms with Crippen molar-refractivity contribution in [3.8, 4) is 0 Å². The zero-order valence-electron chi connectivity index (χ0n) is 11.4. The van der Waals surface area contributed by atoms with Crippen molar-refractivity contribution in [2.45, 2.75) is 23.9 Å². The van der Waals surface area contributed by atoms with Crippen molar-refractivity contribution < 1.29 is 13.2 Å². The van der Waals surface area contributed by atoms with Crippen LogP contribution in [0.3, 0.4) is 0 Å². The largest absolute Gasteiger partial charge is 0.344 e. The predicted molar refractivity (Wildman–Crippen MR) is 77.4 cm³/mol. The number of likely N-dealkylation sites (tertiary alicyclic amines) is 1. The van der Waals surface area contributed by atoms with Crippen LogP contribution in [-0.2, 0) is 21.2 Å². The molecular formula is C13H17ClN2O3S. The molecule has 1 saturated heterocycles. The molecule has 0 saturated carbocycles. The van der Waals surface area contributed by atoms with E-state index >= 15 is 0 Å². The third-order valence-corrected chi connectivity index (χ3v) is 4.96. The third-order valence-electron chi connectivity index (χ3n) is 3.43. The smallest absolute Gasteiger partial charge is 0.239 e. The molecule has 0 aliphatic carbocycles. The van der Waals surface area contributed by atoms with Gasteiger partial charge in [0, 0.05) is 37.0 Å². The standard InChI is InChI=1S/C13H17ClN2O3S/c1-16-7-6-11(13(16)17)15-8-9-10(14)4-3-5-12(9)20(2,18)19/h3-5,11,15H,6-8H2,1-2H3. The number of hydrogen-bond donors (Lipinski definition) is 1. The van der Waals surface area contributed by atoms with Crippen LogP contribution in [0.4, 0.5) is 0 Å². The Bertz CT molecular complexity index is 631. The highest BCUT2D eigenvalue weighted by Crippen LogP contribution is 2.24. The lowest BCUT2D eigenvalue weighted by Crippen LogP contribution is -2.36. The average Bonchev–Trinajstić information content (AvgIpc) is 2.67. The van der Waals surface area contributed by atoms with Gasteiger partial charge in [0.1, 0.15) is 0 Å². The number of nitrogens with one attached hydrogen (secondary N) is 1. The van der Waals surface area contributed by atoms with E-state index in [1.54, 1.807) is 24.1 Å². The normalized spacial score (nSPS) is 19.6. The molecule has 20 heavy (non-hydrogen) atoms. The second kappa shape index (κ2) is 5.71. The Kier molecular flexibility index (Phi) is 4.36. The average molecular weight is 317 g/mol. The minimum absolute atomic E-state index is 0.0259. The van der Waals surface area contributed by atoms with Crippen molar-refractivity contribution in [3.63, 3.8) is 0 Å². The van der Waals surface area contributed by atoms with E-state index in [4.69, 9.17) is 11.6 Å². The van der Waals surface area contributed by atoms with E-state index in [0.29, 0.717) is 23.6 Å². The molecule has 0 bridgehead atoms. The first-order valence-electron chi connectivity index (χ1n) is 6.26. The molecule has 1 unspecified atom stereocenters. The molecule has 1 aromatic rings. The number of halogens is 1. The van der Waals surface area contributed by atoms with Crippen LogP contribution in [0.15, 0.2) is 23.1 Å². The summed E-state index contributed by atoms with van der Waals surface area (Å²) in [4.78, 5) is 13.7. The Morgan fingerprint density at radius 3 is 2.70 bits per heavy atom. The lowest BCUT2D eigenvalue weighted by atomic mass is 10.2. The Balaban J connectivity index is 2.20. The van der Waals surface area contributed by atoms with Crippen molar-refractivity contribution >= 4 is 27.3 Å². The van der Waals surface area contributed by atoms with Crippen LogP contribution in [0.5, 0.6) is 0 Å². The first-order valence-corrected chi connectivity index (χ1v) is 8.53. The van der Waals surface area contributed by atoms with E-state index in [-0.39, 0.29) is 23.4 Å². The fourth-order valence-corrected chi connectivity index (χ4v) is 3.55. The van der Waals surface area contributed by atoms with Gasteiger partial charge in [-0.05, 0) is 18.6 Å². The molecular weight excluding hydrogens is 300 g/mol. The number of amides is 1. The highest BCUT2D eigenvalue weighted by molar-refractivity contribution is 7.90. The summed E-state index contributed by atoms with van der Waals surface area (Å²) >= 11 is 6.09. The number of nitrogens with zero attached hydrogens (tertiary/aromatic N) is 1. The van der Waals surface area contributed by atoms with Gasteiger partial charge in [0.25, 0.3) is 0 Å². The summed E-state index contributed by atoms with van der Waals surface area (Å²) in [5.41, 5.74) is 0.513. The molecule has 7 heteroatoms. The van der Waals surface area contributed by atoms with Gasteiger partial charge in [0.2, 0.25) is 5.91 Å². The molecule has 1 atom stereocenters. The van der Waals surface area contributed by atoms with E-state index in [1.165, 1.54) is 6.07 Å². The fourth-order valence-electron chi connectivity index (χ4n) is 2.29. The number of hydrogen-bond acceptors (Lipinski definition) is 4. The molecule has 1 aromatic carbocycles. The van der Waals surface area contributed by atoms with Gasteiger partial charge in [-0.2, -0.15) is 0 Å². The maximum atomic E-state index is 11.8. The SMILES string of the molecule is CN1CCC(NCc2c(Cl)cccc2S(C)(=O)=O)C1=O. The third kappa shape index (κ3) is 3.13. The zero-order chi connectivity index (χ0) is 14.9. The Labute approximate surface area is 123 Å². The Morgan fingerprint density at radius 1 is 1.45 bits per heavy atom. The summed E-state index contributed by atoms with van der Waals surface area (Å²) in [7, 11) is -1.59. The van der Waals surface area contributed by atoms with Gasteiger partial charge in [0.15, 0.2) is 9.84 Å². The van der Waals surface area contributed by atoms with Crippen molar-refractivity contribution in [1.82, 2.24) is 10.2 Å². The topological polar surface area (TPSA) is 66.5 Å². The lowest BCUT2D eigenvalue weighted by molar-refractivity contribution is -0.128. The lowest BCUT2D eigenvalue weighted by Gasteiger charge is -2.15. The summed E-state index contributed by atoms with van der Waals surface area (Å²) < 4.78 is 23.5. The molecule has 0 spiro atoms. The van der Waals surface area contributed by atoms with Crippen LogP contribution >= 0.6 is 11.6 Å². The number of benzene rings is 1. The van der Waals surface area contributed by atoms with Crippen LogP contribution < -0.4 is 5.32 Å². The van der Waals surface area contributed by atoms with Gasteiger partial charge >= 0.3 is 0 Å². The summed E-state index contributed by atoms with van der Waals surface area (Å²) in [6.45, 7) is 0.963. The maximum absolute atomic E-state index is 11.8. The van der Waals surface area contributed by atoms with Crippen LogP contribution in [0.25, 0.3) is 0 Å². The maximum Gasteiger partial charge on any atom is 0.239 e. The molecule has 1 fully saturated rings. The summed E-state index contributed by atoms with van der Waals surface area (Å²) in [5, 5.41) is 3.48. The van der Waals surface area contributed by atoms with Gasteiger partial charge < -0.3 is 10.2 Å². The first-order chi connectivity index (χ1) is 9.30. The summed E-state index contributed by atoms with van der Waals surface area (Å²) in [5.74, 6) is 0.0259. The number of likely N-dealkylation sites (N-methyl/N-ethyl adjacent to an activating group) is 1. The van der Waals surface area contributed by atoms with Crippen LogP contribution in [0.1, 0.15) is 12.0 Å². The van der Waals surface area contributed by atoms with Gasteiger partial charge in [0.05, 0.1) is 10.9 Å². The van der Waals surface area contributed by atoms with Gasteiger partial charge in [-0.25, -0.2) is 8.42 Å². The summed E-state index contributed by atoms with van der Waals surface area (Å²) in [6.07, 6.45) is 1.87. The van der Waals surface area contributed by atoms with Gasteiger partial charge in [-0.15, -0.1) is 0 Å². The molecule has 0 aromatic heterocycles. The molecule has 1 aliphatic heterocycles. The van der Waals surface area contributed by atoms with Crippen molar-refractivity contribution in [3.05, 3.63) is 28.8 Å². The second-order valence-corrected chi connectivity index (χ2v) is 7.36. The van der Waals surface area contributed by atoms with Crippen molar-refractivity contribution in [1.29, 1.82) is 0 Å². The number of carbonyl (C=O) groups is 1. The minimum atomic E-state index is -3.35. The Hall–Kier alpha value is -1.11. The number of sulfone groups is 1. The first kappa shape index (κ1) is 15.3. The van der Waals surface area contributed by atoms with Crippen LogP contribution in [-0.4, -0.2) is 45.1 Å². The molecule has 1 aliphatic rings. The van der Waals surface area contributed by atoms with Crippen LogP contribution in [0.2, 0.25) is 5.02 Å². The molecule has 110 valence electrons. The Morgan fingerprint density at radius 2 is 2.15 bits per heavy atom. The minimum Gasteiger partial charge on any atom is -0.344 e. The van der Waals surface area contributed by atoms with Crippen molar-refractivity contribution in [2.24, 2.45) is 0 Å². The highest BCUT2D eigenvalue weighted by atomic mass is 35.5. The van der Waals surface area contributed by atoms with E-state index < -0.39 is 9.84 Å². The molecule has 1 heterocycles. The quantitative estimate of drug-likeness (QED) is 0.902. The van der Waals surface area contributed by atoms with Gasteiger partial charge in [-0.1, -0.05) is 17.7 Å². The fraction of sp³-hybridized carbons (Fsp3) is 0.462. The van der Waals surface area contributed by atoms with E-state index in [1.807, 2.05) is 0 Å². The molecule has 5 nitrogen and oxygen atoms in total. The molecule has 2 rings (SSSR count). The molecule has 0 radical (unpaired) electrons. The van der Waals surface area contributed by atoms with E-state index in [2.05, 4.69) is 5.32 Å². The van der Waals surface area contributed by atoms with Crippen LogP contribution in [0, 0.1) is 0 Å². The predicted octanol–water partition coefficient (Wildman–Crippen LogP) is 1.06. The monoisotopic (exact) mass is 316 g/mol. The molecule has 1 amide bonds. The molecule has 1 N–H and O–H groups in total. The number of rotatable bonds is 4. The number of carbonyl (C=O) groups excluding carboxylic acids is 1. The second-order valence-electron chi connectivity index (χ2n) is 4.97. The van der Waals surface area contributed by atoms with E-state index in [0.717, 1.165) is 6.26 Å². The summed E-state index contributed by atoms with van der Waals surface area (Å²) in [6, 6.07) is 4.51. The van der Waals surface area contributed by atoms with Crippen molar-refractivity contribution in [2.75, 3.05) is 19.8 Å².